The Kier molecular flexibility index (Phi) is 5.13. The Bertz CT molecular complexity index is 393. The standard InChI is InChI=1S/C14H22FN3O/c15-13-3-1-4-14(16)12(13)11-18-6-2-5-17(7-8-18)9-10-19/h1,3-4,19H,2,5-11,16H2. The molecule has 4 nitrogen and oxygen atoms in total. The van der Waals surface area contributed by atoms with Gasteiger partial charge in [-0.25, -0.2) is 4.39 Å². The molecule has 1 fully saturated rings. The van der Waals surface area contributed by atoms with Crippen LogP contribution in [0.1, 0.15) is 12.0 Å². The zero-order chi connectivity index (χ0) is 13.7. The van der Waals surface area contributed by atoms with E-state index in [2.05, 4.69) is 9.80 Å². The van der Waals surface area contributed by atoms with Crippen LogP contribution in [0.4, 0.5) is 10.1 Å². The zero-order valence-corrected chi connectivity index (χ0v) is 11.2. The lowest BCUT2D eigenvalue weighted by Crippen LogP contribution is -2.32. The number of nitrogens with zero attached hydrogens (tertiary/aromatic N) is 2. The van der Waals surface area contributed by atoms with Crippen LogP contribution >= 0.6 is 0 Å². The van der Waals surface area contributed by atoms with Gasteiger partial charge in [0.05, 0.1) is 6.61 Å². The summed E-state index contributed by atoms with van der Waals surface area (Å²) in [5.41, 5.74) is 6.96. The van der Waals surface area contributed by atoms with E-state index in [1.54, 1.807) is 12.1 Å². The first-order valence-corrected chi connectivity index (χ1v) is 6.79. The Morgan fingerprint density at radius 2 is 1.89 bits per heavy atom. The summed E-state index contributed by atoms with van der Waals surface area (Å²) in [6.07, 6.45) is 1.04. The van der Waals surface area contributed by atoms with E-state index in [-0.39, 0.29) is 12.4 Å². The highest BCUT2D eigenvalue weighted by molar-refractivity contribution is 5.47. The molecule has 3 N–H and O–H groups in total. The predicted molar refractivity (Wildman–Crippen MR) is 74.2 cm³/mol. The number of benzene rings is 1. The zero-order valence-electron chi connectivity index (χ0n) is 11.2. The topological polar surface area (TPSA) is 52.7 Å². The van der Waals surface area contributed by atoms with Crippen molar-refractivity contribution < 1.29 is 9.50 Å². The Hall–Kier alpha value is -1.17. The number of halogens is 1. The Labute approximate surface area is 113 Å². The summed E-state index contributed by atoms with van der Waals surface area (Å²) in [6.45, 7) is 5.20. The largest absolute Gasteiger partial charge is 0.398 e. The van der Waals surface area contributed by atoms with Crippen LogP contribution in [0.2, 0.25) is 0 Å². The molecule has 0 atom stereocenters. The molecule has 0 aromatic heterocycles. The number of aliphatic hydroxyl groups is 1. The van der Waals surface area contributed by atoms with Gasteiger partial charge >= 0.3 is 0 Å². The van der Waals surface area contributed by atoms with Gasteiger partial charge in [0.15, 0.2) is 0 Å². The fourth-order valence-corrected chi connectivity index (χ4v) is 2.51. The van der Waals surface area contributed by atoms with Crippen LogP contribution in [-0.2, 0) is 6.54 Å². The van der Waals surface area contributed by atoms with Crippen molar-refractivity contribution in [2.24, 2.45) is 0 Å². The Balaban J connectivity index is 1.96. The highest BCUT2D eigenvalue weighted by Gasteiger charge is 2.16. The number of aliphatic hydroxyl groups excluding tert-OH is 1. The van der Waals surface area contributed by atoms with E-state index in [9.17, 15) is 4.39 Å². The molecule has 0 amide bonds. The second-order valence-electron chi connectivity index (χ2n) is 5.00. The fraction of sp³-hybridized carbons (Fsp3) is 0.571. The molecule has 0 unspecified atom stereocenters. The summed E-state index contributed by atoms with van der Waals surface area (Å²) in [6, 6.07) is 4.84. The minimum absolute atomic E-state index is 0.195. The lowest BCUT2D eigenvalue weighted by atomic mass is 10.1. The van der Waals surface area contributed by atoms with Crippen molar-refractivity contribution in [3.05, 3.63) is 29.6 Å². The molecule has 0 radical (unpaired) electrons. The second kappa shape index (κ2) is 6.84. The predicted octanol–water partition coefficient (Wildman–Crippen LogP) is 0.908. The van der Waals surface area contributed by atoms with E-state index in [4.69, 9.17) is 10.8 Å². The van der Waals surface area contributed by atoms with Gasteiger partial charge in [-0.1, -0.05) is 6.07 Å². The SMILES string of the molecule is Nc1cccc(F)c1CN1CCCN(CCO)CC1. The first kappa shape index (κ1) is 14.2. The third-order valence-electron chi connectivity index (χ3n) is 3.63. The van der Waals surface area contributed by atoms with Gasteiger partial charge in [0.1, 0.15) is 5.82 Å². The molecule has 0 spiro atoms. The number of hydrogen-bond donors (Lipinski definition) is 2. The number of hydrogen-bond acceptors (Lipinski definition) is 4. The van der Waals surface area contributed by atoms with Crippen LogP contribution in [0.25, 0.3) is 0 Å². The molecule has 0 aliphatic carbocycles. The molecule has 1 aliphatic heterocycles. The van der Waals surface area contributed by atoms with E-state index < -0.39 is 0 Å². The quantitative estimate of drug-likeness (QED) is 0.796. The van der Waals surface area contributed by atoms with Crippen LogP contribution in [0.3, 0.4) is 0 Å². The van der Waals surface area contributed by atoms with Crippen LogP contribution < -0.4 is 5.73 Å². The molecule has 1 aliphatic rings. The van der Waals surface area contributed by atoms with Gasteiger partial charge in [0.2, 0.25) is 0 Å². The van der Waals surface area contributed by atoms with Crippen LogP contribution in [-0.4, -0.2) is 54.2 Å². The minimum Gasteiger partial charge on any atom is -0.398 e. The van der Waals surface area contributed by atoms with Gasteiger partial charge in [-0.05, 0) is 31.6 Å². The highest BCUT2D eigenvalue weighted by atomic mass is 19.1. The van der Waals surface area contributed by atoms with Crippen LogP contribution in [0.15, 0.2) is 18.2 Å². The van der Waals surface area contributed by atoms with Crippen molar-refractivity contribution in [3.63, 3.8) is 0 Å². The molecule has 0 bridgehead atoms. The molecule has 19 heavy (non-hydrogen) atoms. The summed E-state index contributed by atoms with van der Waals surface area (Å²) in [4.78, 5) is 4.47. The van der Waals surface area contributed by atoms with Crippen LogP contribution in [0, 0.1) is 5.82 Å². The lowest BCUT2D eigenvalue weighted by molar-refractivity contribution is 0.195. The average Bonchev–Trinajstić information content (AvgIpc) is 2.60. The lowest BCUT2D eigenvalue weighted by Gasteiger charge is -2.22. The maximum absolute atomic E-state index is 13.8. The van der Waals surface area contributed by atoms with Gasteiger partial charge in [0.25, 0.3) is 0 Å². The van der Waals surface area contributed by atoms with Crippen molar-refractivity contribution in [2.45, 2.75) is 13.0 Å². The van der Waals surface area contributed by atoms with E-state index in [0.29, 0.717) is 17.8 Å². The van der Waals surface area contributed by atoms with Gasteiger partial charge in [-0.3, -0.25) is 9.80 Å². The van der Waals surface area contributed by atoms with Gasteiger partial charge < -0.3 is 10.8 Å². The van der Waals surface area contributed by atoms with E-state index >= 15 is 0 Å². The number of nitrogens with two attached hydrogens (primary N) is 1. The fourth-order valence-electron chi connectivity index (χ4n) is 2.51. The smallest absolute Gasteiger partial charge is 0.129 e. The summed E-state index contributed by atoms with van der Waals surface area (Å²) >= 11 is 0. The monoisotopic (exact) mass is 267 g/mol. The first-order valence-electron chi connectivity index (χ1n) is 6.79. The molecule has 106 valence electrons. The molecular formula is C14H22FN3O. The summed E-state index contributed by atoms with van der Waals surface area (Å²) in [5.74, 6) is -0.225. The van der Waals surface area contributed by atoms with Gasteiger partial charge in [-0.15, -0.1) is 0 Å². The van der Waals surface area contributed by atoms with E-state index in [0.717, 1.165) is 39.1 Å². The van der Waals surface area contributed by atoms with Crippen molar-refractivity contribution in [3.8, 4) is 0 Å². The third kappa shape index (κ3) is 3.89. The second-order valence-corrected chi connectivity index (χ2v) is 5.00. The minimum atomic E-state index is -0.225. The average molecular weight is 267 g/mol. The molecule has 1 saturated heterocycles. The molecule has 0 saturated carbocycles. The number of nitrogen functional groups attached to an aromatic ring is 1. The summed E-state index contributed by atoms with van der Waals surface area (Å²) in [5, 5.41) is 8.96. The highest BCUT2D eigenvalue weighted by Crippen LogP contribution is 2.18. The summed E-state index contributed by atoms with van der Waals surface area (Å²) < 4.78 is 13.8. The van der Waals surface area contributed by atoms with Gasteiger partial charge in [-0.2, -0.15) is 0 Å². The number of anilines is 1. The molecular weight excluding hydrogens is 245 g/mol. The number of rotatable bonds is 4. The molecule has 2 rings (SSSR count). The van der Waals surface area contributed by atoms with Crippen molar-refractivity contribution in [1.82, 2.24) is 9.80 Å². The molecule has 1 heterocycles. The normalized spacial score (nSPS) is 18.4. The van der Waals surface area contributed by atoms with E-state index in [1.165, 1.54) is 6.07 Å². The number of β-amino-alcohol motifs (C(OH)–C–C–N with tert-alkyl or cyclic N) is 1. The van der Waals surface area contributed by atoms with E-state index in [1.807, 2.05) is 0 Å². The molecule has 1 aromatic rings. The maximum atomic E-state index is 13.8. The van der Waals surface area contributed by atoms with Gasteiger partial charge in [0, 0.05) is 37.4 Å². The molecule has 5 heteroatoms. The van der Waals surface area contributed by atoms with Crippen molar-refractivity contribution >= 4 is 5.69 Å². The Morgan fingerprint density at radius 1 is 1.16 bits per heavy atom. The van der Waals surface area contributed by atoms with Crippen molar-refractivity contribution in [1.29, 1.82) is 0 Å². The first-order chi connectivity index (χ1) is 9.20. The van der Waals surface area contributed by atoms with Crippen LogP contribution in [0.5, 0.6) is 0 Å². The third-order valence-corrected chi connectivity index (χ3v) is 3.63. The maximum Gasteiger partial charge on any atom is 0.129 e. The molecule has 1 aromatic carbocycles. The summed E-state index contributed by atoms with van der Waals surface area (Å²) in [7, 11) is 0. The Morgan fingerprint density at radius 3 is 2.63 bits per heavy atom. The van der Waals surface area contributed by atoms with Crippen molar-refractivity contribution in [2.75, 3.05) is 45.1 Å².